The van der Waals surface area contributed by atoms with Crippen LogP contribution in [0.4, 0.5) is 10.5 Å². The number of nitrogens with one attached hydrogen (secondary N) is 1. The molecule has 0 aromatic heterocycles. The second kappa shape index (κ2) is 6.06. The maximum absolute atomic E-state index is 11.8. The fourth-order valence-corrected chi connectivity index (χ4v) is 1.55. The van der Waals surface area contributed by atoms with Gasteiger partial charge in [0.15, 0.2) is 0 Å². The molecule has 0 bridgehead atoms. The first-order valence-corrected chi connectivity index (χ1v) is 6.21. The van der Waals surface area contributed by atoms with Crippen molar-refractivity contribution in [3.05, 3.63) is 27.7 Å². The van der Waals surface area contributed by atoms with Crippen LogP contribution in [0.5, 0.6) is 0 Å². The zero-order valence-corrected chi connectivity index (χ0v) is 12.1. The summed E-state index contributed by atoms with van der Waals surface area (Å²) < 4.78 is 0.717. The largest absolute Gasteiger partial charge is 0.480 e. The van der Waals surface area contributed by atoms with E-state index in [1.165, 1.54) is 14.0 Å². The van der Waals surface area contributed by atoms with E-state index in [2.05, 4.69) is 21.2 Å². The molecule has 1 atom stereocenters. The third-order valence-electron chi connectivity index (χ3n) is 2.43. The molecule has 5 nitrogen and oxygen atoms in total. The number of carboxylic acid groups (broad SMARTS) is 1. The van der Waals surface area contributed by atoms with Crippen molar-refractivity contribution in [2.45, 2.75) is 13.0 Å². The van der Waals surface area contributed by atoms with Gasteiger partial charge in [-0.05, 0) is 41.1 Å². The molecule has 1 rings (SSSR count). The van der Waals surface area contributed by atoms with Crippen molar-refractivity contribution >= 4 is 45.2 Å². The maximum Gasteiger partial charge on any atom is 0.326 e. The number of amides is 2. The van der Waals surface area contributed by atoms with Gasteiger partial charge in [0.1, 0.15) is 6.04 Å². The van der Waals surface area contributed by atoms with Crippen molar-refractivity contribution < 1.29 is 14.7 Å². The van der Waals surface area contributed by atoms with E-state index in [0.29, 0.717) is 10.7 Å². The van der Waals surface area contributed by atoms with Gasteiger partial charge in [0.25, 0.3) is 0 Å². The molecule has 18 heavy (non-hydrogen) atoms. The third kappa shape index (κ3) is 3.61. The molecular formula is C11H12BrClN2O3. The van der Waals surface area contributed by atoms with Gasteiger partial charge in [0, 0.05) is 17.2 Å². The minimum atomic E-state index is -1.07. The molecule has 0 saturated carbocycles. The third-order valence-corrected chi connectivity index (χ3v) is 3.66. The topological polar surface area (TPSA) is 69.6 Å². The zero-order valence-electron chi connectivity index (χ0n) is 9.78. The number of aliphatic carboxylic acids is 1. The van der Waals surface area contributed by atoms with Crippen molar-refractivity contribution in [2.75, 3.05) is 12.4 Å². The van der Waals surface area contributed by atoms with Gasteiger partial charge < -0.3 is 15.3 Å². The Morgan fingerprint density at radius 1 is 1.50 bits per heavy atom. The Balaban J connectivity index is 2.75. The minimum absolute atomic E-state index is 0.460. The Morgan fingerprint density at radius 2 is 2.11 bits per heavy atom. The highest BCUT2D eigenvalue weighted by Crippen LogP contribution is 2.25. The van der Waals surface area contributed by atoms with E-state index in [0.717, 1.165) is 9.37 Å². The quantitative estimate of drug-likeness (QED) is 0.892. The lowest BCUT2D eigenvalue weighted by Crippen LogP contribution is -2.42. The number of hydrogen-bond donors (Lipinski definition) is 2. The molecule has 7 heteroatoms. The lowest BCUT2D eigenvalue weighted by atomic mass is 10.3. The van der Waals surface area contributed by atoms with E-state index in [1.54, 1.807) is 18.2 Å². The molecule has 1 aromatic carbocycles. The molecule has 98 valence electrons. The van der Waals surface area contributed by atoms with Crippen LogP contribution in [0.2, 0.25) is 5.02 Å². The molecule has 0 saturated heterocycles. The fourth-order valence-electron chi connectivity index (χ4n) is 1.13. The Morgan fingerprint density at radius 3 is 2.61 bits per heavy atom. The number of nitrogens with zero attached hydrogens (tertiary/aromatic N) is 1. The highest BCUT2D eigenvalue weighted by atomic mass is 79.9. The van der Waals surface area contributed by atoms with Crippen LogP contribution in [0, 0.1) is 0 Å². The number of hydrogen-bond acceptors (Lipinski definition) is 2. The van der Waals surface area contributed by atoms with Gasteiger partial charge in [-0.15, -0.1) is 0 Å². The molecule has 0 aliphatic rings. The molecule has 2 amide bonds. The molecule has 0 aliphatic heterocycles. The molecule has 0 fully saturated rings. The van der Waals surface area contributed by atoms with Crippen molar-refractivity contribution in [3.63, 3.8) is 0 Å². The summed E-state index contributed by atoms with van der Waals surface area (Å²) in [7, 11) is 1.41. The van der Waals surface area contributed by atoms with Gasteiger partial charge in [-0.25, -0.2) is 9.59 Å². The lowest BCUT2D eigenvalue weighted by molar-refractivity contribution is -0.141. The number of benzene rings is 1. The van der Waals surface area contributed by atoms with Crippen LogP contribution in [0.15, 0.2) is 22.7 Å². The predicted octanol–water partition coefficient (Wildman–Crippen LogP) is 3.04. The summed E-state index contributed by atoms with van der Waals surface area (Å²) in [6.45, 7) is 1.43. The molecule has 0 heterocycles. The number of urea groups is 1. The Hall–Kier alpha value is -1.27. The summed E-state index contributed by atoms with van der Waals surface area (Å²) in [5.41, 5.74) is 0.498. The van der Waals surface area contributed by atoms with Crippen molar-refractivity contribution in [2.24, 2.45) is 0 Å². The summed E-state index contributed by atoms with van der Waals surface area (Å²) >= 11 is 9.12. The number of rotatable bonds is 3. The first-order chi connectivity index (χ1) is 8.32. The van der Waals surface area contributed by atoms with E-state index < -0.39 is 18.0 Å². The lowest BCUT2D eigenvalue weighted by Gasteiger charge is -2.21. The van der Waals surface area contributed by atoms with Crippen molar-refractivity contribution in [1.29, 1.82) is 0 Å². The molecule has 0 spiro atoms. The van der Waals surface area contributed by atoms with Crippen LogP contribution in [0.25, 0.3) is 0 Å². The number of carbonyl (C=O) groups is 2. The van der Waals surface area contributed by atoms with Gasteiger partial charge in [-0.2, -0.15) is 0 Å². The van der Waals surface area contributed by atoms with Gasteiger partial charge in [-0.1, -0.05) is 11.6 Å². The average molecular weight is 336 g/mol. The van der Waals surface area contributed by atoms with Crippen molar-refractivity contribution in [1.82, 2.24) is 4.90 Å². The van der Waals surface area contributed by atoms with Gasteiger partial charge in [0.2, 0.25) is 0 Å². The van der Waals surface area contributed by atoms with Gasteiger partial charge >= 0.3 is 12.0 Å². The van der Waals surface area contributed by atoms with Gasteiger partial charge in [0.05, 0.1) is 5.02 Å². The smallest absolute Gasteiger partial charge is 0.326 e. The first kappa shape index (κ1) is 14.8. The average Bonchev–Trinajstić information content (AvgIpc) is 2.31. The van der Waals surface area contributed by atoms with Gasteiger partial charge in [-0.3, -0.25) is 0 Å². The fraction of sp³-hybridized carbons (Fsp3) is 0.273. The Labute approximate surface area is 118 Å². The van der Waals surface area contributed by atoms with Crippen LogP contribution < -0.4 is 5.32 Å². The molecule has 1 aromatic rings. The number of likely N-dealkylation sites (N-methyl/N-ethyl adjacent to an activating group) is 1. The Bertz CT molecular complexity index is 481. The minimum Gasteiger partial charge on any atom is -0.480 e. The molecule has 1 unspecified atom stereocenters. The standard InChI is InChI=1S/C11H12BrClN2O3/c1-6(10(16)17)15(2)11(18)14-7-3-4-8(12)9(13)5-7/h3-6H,1-2H3,(H,14,18)(H,16,17). The second-order valence-corrected chi connectivity index (χ2v) is 4.95. The normalized spacial score (nSPS) is 11.8. The van der Waals surface area contributed by atoms with E-state index >= 15 is 0 Å². The van der Waals surface area contributed by atoms with Crippen LogP contribution in [-0.2, 0) is 4.79 Å². The van der Waals surface area contributed by atoms with E-state index in [1.807, 2.05) is 0 Å². The monoisotopic (exact) mass is 334 g/mol. The van der Waals surface area contributed by atoms with Crippen LogP contribution >= 0.6 is 27.5 Å². The number of halogens is 2. The summed E-state index contributed by atoms with van der Waals surface area (Å²) in [5, 5.41) is 11.8. The Kier molecular flexibility index (Phi) is 4.98. The summed E-state index contributed by atoms with van der Waals surface area (Å²) in [6.07, 6.45) is 0. The molecular weight excluding hydrogens is 323 g/mol. The van der Waals surface area contributed by atoms with E-state index in [9.17, 15) is 9.59 Å². The van der Waals surface area contributed by atoms with E-state index in [4.69, 9.17) is 16.7 Å². The SMILES string of the molecule is CC(C(=O)O)N(C)C(=O)Nc1ccc(Br)c(Cl)c1. The number of anilines is 1. The summed E-state index contributed by atoms with van der Waals surface area (Å²) in [4.78, 5) is 23.6. The highest BCUT2D eigenvalue weighted by molar-refractivity contribution is 9.10. The maximum atomic E-state index is 11.8. The van der Waals surface area contributed by atoms with Crippen molar-refractivity contribution in [3.8, 4) is 0 Å². The van der Waals surface area contributed by atoms with E-state index in [-0.39, 0.29) is 0 Å². The molecule has 0 aliphatic carbocycles. The number of carbonyl (C=O) groups excluding carboxylic acids is 1. The predicted molar refractivity (Wildman–Crippen MR) is 73.0 cm³/mol. The summed E-state index contributed by atoms with van der Waals surface area (Å²) in [6, 6.07) is 3.51. The molecule has 0 radical (unpaired) electrons. The van der Waals surface area contributed by atoms with Crippen LogP contribution in [-0.4, -0.2) is 35.1 Å². The highest BCUT2D eigenvalue weighted by Gasteiger charge is 2.21. The zero-order chi connectivity index (χ0) is 13.9. The summed E-state index contributed by atoms with van der Waals surface area (Å²) in [5.74, 6) is -1.07. The van der Waals surface area contributed by atoms with Crippen LogP contribution in [0.3, 0.4) is 0 Å². The number of carboxylic acids is 1. The van der Waals surface area contributed by atoms with Crippen LogP contribution in [0.1, 0.15) is 6.92 Å². The molecule has 2 N–H and O–H groups in total. The first-order valence-electron chi connectivity index (χ1n) is 5.04. The second-order valence-electron chi connectivity index (χ2n) is 3.68.